The minimum Gasteiger partial charge on any atom is -0.404 e. The Hall–Kier alpha value is -1.21. The average molecular weight is 354 g/mol. The van der Waals surface area contributed by atoms with Crippen molar-refractivity contribution in [3.05, 3.63) is 43.0 Å². The summed E-state index contributed by atoms with van der Waals surface area (Å²) in [4.78, 5) is 0. The van der Waals surface area contributed by atoms with Crippen LogP contribution >= 0.6 is 7.82 Å². The molecule has 4 rings (SSSR count). The van der Waals surface area contributed by atoms with Gasteiger partial charge in [-0.15, -0.1) is 6.58 Å². The van der Waals surface area contributed by atoms with E-state index in [-0.39, 0.29) is 0 Å². The predicted molar refractivity (Wildman–Crippen MR) is 83.3 cm³/mol. The van der Waals surface area contributed by atoms with Crippen molar-refractivity contribution in [3.63, 3.8) is 0 Å². The largest absolute Gasteiger partial charge is 0.531 e. The quantitative estimate of drug-likeness (QED) is 0.610. The number of para-hydroxylation sites is 1. The third-order valence-corrected chi connectivity index (χ3v) is 5.48. The molecule has 0 bridgehead atoms. The van der Waals surface area contributed by atoms with Crippen LogP contribution in [0.1, 0.15) is 13.8 Å². The lowest BCUT2D eigenvalue weighted by Crippen LogP contribution is -2.46. The van der Waals surface area contributed by atoms with Gasteiger partial charge in [0, 0.05) is 0 Å². The Bertz CT molecular complexity index is 676. The summed E-state index contributed by atoms with van der Waals surface area (Å²) in [6.45, 7) is 7.29. The van der Waals surface area contributed by atoms with Gasteiger partial charge in [0.1, 0.15) is 30.2 Å². The highest BCUT2D eigenvalue weighted by Gasteiger charge is 2.62. The van der Waals surface area contributed by atoms with E-state index in [4.69, 9.17) is 27.8 Å². The van der Waals surface area contributed by atoms with E-state index in [1.807, 2.05) is 6.07 Å². The zero-order chi connectivity index (χ0) is 16.9. The number of benzene rings is 1. The lowest BCUT2D eigenvalue weighted by molar-refractivity contribution is -0.226. The standard InChI is InChI=1S/C16H19O7P/c1-4-11-12-13(14-15(18-12)20-16(2,3)19-14)23-24(17,22-11)21-10-8-6-5-7-9-10/h4-9,11-15H,1H2,2-3H3/t11-,12+,13-,14+,15+,24?/m0/s1. The van der Waals surface area contributed by atoms with E-state index in [1.165, 1.54) is 6.08 Å². The van der Waals surface area contributed by atoms with Gasteiger partial charge in [-0.2, -0.15) is 0 Å². The summed E-state index contributed by atoms with van der Waals surface area (Å²) in [5, 5.41) is 0. The molecular weight excluding hydrogens is 335 g/mol. The van der Waals surface area contributed by atoms with Crippen LogP contribution in [0.4, 0.5) is 0 Å². The van der Waals surface area contributed by atoms with E-state index in [1.54, 1.807) is 38.1 Å². The van der Waals surface area contributed by atoms with Crippen molar-refractivity contribution in [2.24, 2.45) is 0 Å². The third kappa shape index (κ3) is 2.81. The minimum atomic E-state index is -3.86. The van der Waals surface area contributed by atoms with Crippen LogP contribution in [-0.4, -0.2) is 36.5 Å². The second-order valence-corrected chi connectivity index (χ2v) is 7.80. The van der Waals surface area contributed by atoms with Crippen LogP contribution in [0.15, 0.2) is 43.0 Å². The second-order valence-electron chi connectivity index (χ2n) is 6.30. The molecule has 24 heavy (non-hydrogen) atoms. The van der Waals surface area contributed by atoms with Crippen LogP contribution < -0.4 is 4.52 Å². The van der Waals surface area contributed by atoms with E-state index in [9.17, 15) is 4.57 Å². The molecule has 3 aliphatic rings. The molecule has 0 N–H and O–H groups in total. The average Bonchev–Trinajstić information content (AvgIpc) is 2.99. The zero-order valence-corrected chi connectivity index (χ0v) is 14.3. The molecule has 3 saturated heterocycles. The maximum atomic E-state index is 13.0. The van der Waals surface area contributed by atoms with Gasteiger partial charge in [0.25, 0.3) is 0 Å². The molecule has 1 unspecified atom stereocenters. The fourth-order valence-corrected chi connectivity index (χ4v) is 4.66. The van der Waals surface area contributed by atoms with Gasteiger partial charge in [0.2, 0.25) is 0 Å². The normalized spacial score (nSPS) is 43.0. The first-order chi connectivity index (χ1) is 11.4. The molecule has 0 saturated carbocycles. The van der Waals surface area contributed by atoms with Crippen molar-refractivity contribution < 1.29 is 32.3 Å². The first kappa shape index (κ1) is 16.3. The molecule has 0 radical (unpaired) electrons. The van der Waals surface area contributed by atoms with Gasteiger partial charge < -0.3 is 18.7 Å². The highest BCUT2D eigenvalue weighted by molar-refractivity contribution is 7.49. The van der Waals surface area contributed by atoms with Crippen molar-refractivity contribution in [1.82, 2.24) is 0 Å². The topological polar surface area (TPSA) is 72.5 Å². The van der Waals surface area contributed by atoms with Crippen LogP contribution in [0.3, 0.4) is 0 Å². The lowest BCUT2D eigenvalue weighted by Gasteiger charge is -2.36. The Morgan fingerprint density at radius 2 is 1.88 bits per heavy atom. The molecule has 6 atom stereocenters. The van der Waals surface area contributed by atoms with E-state index >= 15 is 0 Å². The Morgan fingerprint density at radius 1 is 1.12 bits per heavy atom. The molecule has 0 aliphatic carbocycles. The number of rotatable bonds is 3. The summed E-state index contributed by atoms with van der Waals surface area (Å²) in [7, 11) is -3.86. The van der Waals surface area contributed by atoms with Gasteiger partial charge in [-0.25, -0.2) is 4.57 Å². The van der Waals surface area contributed by atoms with Crippen molar-refractivity contribution in [1.29, 1.82) is 0 Å². The van der Waals surface area contributed by atoms with Crippen LogP contribution in [0, 0.1) is 0 Å². The van der Waals surface area contributed by atoms with Crippen molar-refractivity contribution >= 4 is 7.82 Å². The van der Waals surface area contributed by atoms with Gasteiger partial charge in [0.15, 0.2) is 12.1 Å². The molecule has 0 spiro atoms. The summed E-state index contributed by atoms with van der Waals surface area (Å²) in [5.74, 6) is -0.405. The predicted octanol–water partition coefficient (Wildman–Crippen LogP) is 3.02. The highest BCUT2D eigenvalue weighted by Crippen LogP contribution is 2.59. The smallest absolute Gasteiger partial charge is 0.404 e. The van der Waals surface area contributed by atoms with E-state index in [0.29, 0.717) is 5.75 Å². The van der Waals surface area contributed by atoms with Crippen LogP contribution in [0.5, 0.6) is 5.75 Å². The first-order valence-corrected chi connectivity index (χ1v) is 9.20. The molecule has 0 aromatic heterocycles. The highest BCUT2D eigenvalue weighted by atomic mass is 31.2. The molecule has 1 aromatic rings. The van der Waals surface area contributed by atoms with Gasteiger partial charge in [0.05, 0.1) is 0 Å². The number of ether oxygens (including phenoxy) is 3. The summed E-state index contributed by atoms with van der Waals surface area (Å²) in [6.07, 6.45) is -1.40. The van der Waals surface area contributed by atoms with Gasteiger partial charge in [-0.05, 0) is 26.0 Å². The Balaban J connectivity index is 1.59. The van der Waals surface area contributed by atoms with Crippen LogP contribution in [0.25, 0.3) is 0 Å². The molecule has 3 heterocycles. The molecule has 0 amide bonds. The Kier molecular flexibility index (Phi) is 3.84. The molecular formula is C16H19O7P. The molecule has 3 fully saturated rings. The zero-order valence-electron chi connectivity index (χ0n) is 13.4. The molecule has 3 aliphatic heterocycles. The maximum absolute atomic E-state index is 13.0. The van der Waals surface area contributed by atoms with Crippen LogP contribution in [0.2, 0.25) is 0 Å². The molecule has 8 heteroatoms. The molecule has 1 aromatic carbocycles. The number of hydrogen-bond donors (Lipinski definition) is 0. The van der Waals surface area contributed by atoms with Gasteiger partial charge >= 0.3 is 7.82 Å². The number of phosphoric ester groups is 1. The van der Waals surface area contributed by atoms with E-state index in [2.05, 4.69) is 6.58 Å². The van der Waals surface area contributed by atoms with Crippen molar-refractivity contribution in [2.45, 2.75) is 50.3 Å². The van der Waals surface area contributed by atoms with E-state index in [0.717, 1.165) is 0 Å². The summed E-state index contributed by atoms with van der Waals surface area (Å²) >= 11 is 0. The lowest BCUT2D eigenvalue weighted by atomic mass is 10.1. The Labute approximate surface area is 140 Å². The summed E-state index contributed by atoms with van der Waals surface area (Å²) < 4.78 is 47.0. The molecule has 7 nitrogen and oxygen atoms in total. The van der Waals surface area contributed by atoms with E-state index < -0.39 is 44.3 Å². The third-order valence-electron chi connectivity index (χ3n) is 4.05. The number of hydrogen-bond acceptors (Lipinski definition) is 7. The monoisotopic (exact) mass is 354 g/mol. The SMILES string of the molecule is C=C[C@@H]1OP(=O)(Oc2ccccc2)O[C@@H]2[C@H]3OC(C)(C)O[C@H]3O[C@@H]21. The second kappa shape index (κ2) is 5.66. The van der Waals surface area contributed by atoms with Crippen molar-refractivity contribution in [3.8, 4) is 5.75 Å². The maximum Gasteiger partial charge on any atom is 0.531 e. The van der Waals surface area contributed by atoms with Crippen LogP contribution in [-0.2, 0) is 27.8 Å². The summed E-state index contributed by atoms with van der Waals surface area (Å²) in [6, 6.07) is 8.71. The molecule has 130 valence electrons. The van der Waals surface area contributed by atoms with Gasteiger partial charge in [-0.1, -0.05) is 24.3 Å². The number of fused-ring (bicyclic) bond motifs is 3. The number of phosphoric acid groups is 1. The minimum absolute atomic E-state index is 0.390. The fourth-order valence-electron chi connectivity index (χ4n) is 3.10. The van der Waals surface area contributed by atoms with Gasteiger partial charge in [-0.3, -0.25) is 9.05 Å². The Morgan fingerprint density at radius 3 is 2.58 bits per heavy atom. The van der Waals surface area contributed by atoms with Crippen molar-refractivity contribution in [2.75, 3.05) is 0 Å². The summed E-state index contributed by atoms with van der Waals surface area (Å²) in [5.41, 5.74) is 0. The fraction of sp³-hybridized carbons (Fsp3) is 0.500. The first-order valence-electron chi connectivity index (χ1n) is 7.74.